The number of aliphatic hydroxyl groups is 2. The molecule has 0 aromatic heterocycles. The molecular weight excluding hydrogens is 438 g/mol. The van der Waals surface area contributed by atoms with Crippen molar-refractivity contribution in [1.29, 1.82) is 0 Å². The second-order valence-electron chi connectivity index (χ2n) is 6.71. The normalized spacial score (nSPS) is 24.8. The third kappa shape index (κ3) is 3.43. The number of aliphatic hydroxyl groups excluding tert-OH is 2. The molecule has 3 rings (SSSR count). The van der Waals surface area contributed by atoms with Crippen molar-refractivity contribution in [2.75, 3.05) is 12.3 Å². The summed E-state index contributed by atoms with van der Waals surface area (Å²) in [6.07, 6.45) is -3.48. The van der Waals surface area contributed by atoms with Crippen molar-refractivity contribution in [3.05, 3.63) is 16.5 Å². The molecule has 6 N–H and O–H groups in total. The lowest BCUT2D eigenvalue weighted by atomic mass is 10.1. The van der Waals surface area contributed by atoms with Crippen molar-refractivity contribution in [3.8, 4) is 11.4 Å². The molecule has 0 aromatic carbocycles. The number of nitrogens with zero attached hydrogens (tertiary/aromatic N) is 3. The third-order valence-corrected chi connectivity index (χ3v) is 5.00. The van der Waals surface area contributed by atoms with E-state index < -0.39 is 36.4 Å². The Balaban J connectivity index is 1.91. The molecule has 3 aliphatic rings. The number of carbonyl (C=O) groups is 2. The molecule has 0 aliphatic carbocycles. The zero-order chi connectivity index (χ0) is 20.7. The standard InChI is InChI=1S/C16H20BrN5O6/c1-5(2)16(26)27-3-6-9(23)10(24)15(28-6)22-4-20-12(18)8-7(13(19)25)11(17)21-14(8)22/h4-6,9-10,15,23-24H,3,18H2,1-2H3,(H2,19,25)/t6-,9-,10+,15-/m0/s1. The molecule has 1 amide bonds. The van der Waals surface area contributed by atoms with E-state index in [0.29, 0.717) is 0 Å². The molecule has 0 aromatic rings. The van der Waals surface area contributed by atoms with Gasteiger partial charge in [-0.05, 0) is 15.9 Å². The molecular formula is C16H20BrN5O6. The largest absolute Gasteiger partial charge is 0.463 e. The van der Waals surface area contributed by atoms with Crippen LogP contribution in [0.2, 0.25) is 0 Å². The first kappa shape index (κ1) is 20.5. The van der Waals surface area contributed by atoms with Gasteiger partial charge < -0.3 is 31.2 Å². The van der Waals surface area contributed by atoms with Crippen LogP contribution in [-0.4, -0.2) is 61.5 Å². The minimum atomic E-state index is -1.37. The summed E-state index contributed by atoms with van der Waals surface area (Å²) < 4.78 is 12.3. The van der Waals surface area contributed by atoms with Gasteiger partial charge in [-0.25, -0.2) is 9.97 Å². The van der Waals surface area contributed by atoms with Crippen LogP contribution in [0.3, 0.4) is 0 Å². The van der Waals surface area contributed by atoms with Gasteiger partial charge in [0.05, 0.1) is 17.0 Å². The van der Waals surface area contributed by atoms with Crippen LogP contribution in [0.15, 0.2) is 10.9 Å². The number of anilines is 1. The van der Waals surface area contributed by atoms with Gasteiger partial charge in [0.25, 0.3) is 5.91 Å². The van der Waals surface area contributed by atoms with E-state index in [1.807, 2.05) is 0 Å². The van der Waals surface area contributed by atoms with Crippen molar-refractivity contribution in [1.82, 2.24) is 14.5 Å². The summed E-state index contributed by atoms with van der Waals surface area (Å²) in [6.45, 7) is 3.12. The monoisotopic (exact) mass is 457 g/mol. The Bertz CT molecular complexity index is 887. The summed E-state index contributed by atoms with van der Waals surface area (Å²) in [6, 6.07) is 0. The van der Waals surface area contributed by atoms with Gasteiger partial charge in [0.2, 0.25) is 0 Å². The Morgan fingerprint density at radius 1 is 1.39 bits per heavy atom. The molecule has 3 heterocycles. The second kappa shape index (κ2) is 7.62. The van der Waals surface area contributed by atoms with E-state index in [2.05, 4.69) is 25.9 Å². The first-order valence-electron chi connectivity index (χ1n) is 8.43. The van der Waals surface area contributed by atoms with Gasteiger partial charge in [-0.15, -0.1) is 0 Å². The highest BCUT2D eigenvalue weighted by molar-refractivity contribution is 9.10. The zero-order valence-electron chi connectivity index (χ0n) is 15.1. The van der Waals surface area contributed by atoms with Crippen LogP contribution in [0.4, 0.5) is 5.82 Å². The average Bonchev–Trinajstić information content (AvgIpc) is 3.12. The number of hydrogen-bond donors (Lipinski definition) is 4. The van der Waals surface area contributed by atoms with Crippen molar-refractivity contribution in [3.63, 3.8) is 0 Å². The number of nitrogens with two attached hydrogens (primary N) is 2. The fourth-order valence-electron chi connectivity index (χ4n) is 2.93. The maximum absolute atomic E-state index is 11.7. The molecule has 0 unspecified atom stereocenters. The smallest absolute Gasteiger partial charge is 0.308 e. The van der Waals surface area contributed by atoms with Crippen molar-refractivity contribution >= 4 is 33.6 Å². The Labute approximate surface area is 168 Å². The highest BCUT2D eigenvalue weighted by Gasteiger charge is 2.45. The number of amides is 1. The van der Waals surface area contributed by atoms with Gasteiger partial charge in [-0.3, -0.25) is 14.2 Å². The molecule has 0 radical (unpaired) electrons. The van der Waals surface area contributed by atoms with Gasteiger partial charge in [0.15, 0.2) is 6.23 Å². The van der Waals surface area contributed by atoms with E-state index >= 15 is 0 Å². The minimum Gasteiger partial charge on any atom is -0.463 e. The maximum atomic E-state index is 11.7. The summed E-state index contributed by atoms with van der Waals surface area (Å²) in [4.78, 5) is 31.6. The molecule has 0 bridgehead atoms. The summed E-state index contributed by atoms with van der Waals surface area (Å²) in [7, 11) is 0. The Hall–Kier alpha value is -2.28. The maximum Gasteiger partial charge on any atom is 0.308 e. The Morgan fingerprint density at radius 2 is 2.07 bits per heavy atom. The molecule has 3 aliphatic heterocycles. The fourth-order valence-corrected chi connectivity index (χ4v) is 3.49. The lowest BCUT2D eigenvalue weighted by Gasteiger charge is -2.21. The highest BCUT2D eigenvalue weighted by atomic mass is 79.9. The van der Waals surface area contributed by atoms with Crippen molar-refractivity contribution in [2.45, 2.75) is 38.4 Å². The number of aromatic nitrogens is 3. The van der Waals surface area contributed by atoms with Crippen LogP contribution in [0.5, 0.6) is 0 Å². The third-order valence-electron chi connectivity index (χ3n) is 4.42. The van der Waals surface area contributed by atoms with E-state index in [4.69, 9.17) is 20.9 Å². The van der Waals surface area contributed by atoms with E-state index in [-0.39, 0.29) is 39.9 Å². The van der Waals surface area contributed by atoms with E-state index in [9.17, 15) is 19.8 Å². The summed E-state index contributed by atoms with van der Waals surface area (Å²) in [5.74, 6) is -1.34. The number of fused-ring (bicyclic) bond motifs is 1. The van der Waals surface area contributed by atoms with E-state index in [0.717, 1.165) is 0 Å². The summed E-state index contributed by atoms with van der Waals surface area (Å²) in [5.41, 5.74) is 11.5. The number of carbonyl (C=O) groups excluding carboxylic acids is 2. The highest BCUT2D eigenvalue weighted by Crippen LogP contribution is 2.39. The predicted molar refractivity (Wildman–Crippen MR) is 99.0 cm³/mol. The molecule has 0 saturated carbocycles. The SMILES string of the molecule is CC(C)C(=O)OC[C@@H]1O[C@H](n2cnc(N)c3c(C(N)=O)c(Br)nc2-3)[C@H](O)[C@H]1O. The lowest BCUT2D eigenvalue weighted by molar-refractivity contribution is -0.153. The van der Waals surface area contributed by atoms with E-state index in [1.165, 1.54) is 10.9 Å². The van der Waals surface area contributed by atoms with Crippen LogP contribution in [0.1, 0.15) is 30.4 Å². The molecule has 12 heteroatoms. The van der Waals surface area contributed by atoms with Crippen LogP contribution in [0.25, 0.3) is 11.4 Å². The molecule has 0 spiro atoms. The molecule has 1 fully saturated rings. The molecule has 1 saturated heterocycles. The van der Waals surface area contributed by atoms with Crippen LogP contribution < -0.4 is 11.5 Å². The predicted octanol–water partition coefficient (Wildman–Crippen LogP) is -0.355. The van der Waals surface area contributed by atoms with Gasteiger partial charge in [-0.1, -0.05) is 13.8 Å². The number of hydrogen-bond acceptors (Lipinski definition) is 9. The van der Waals surface area contributed by atoms with Crippen LogP contribution in [-0.2, 0) is 14.3 Å². The number of primary amides is 1. The number of halogens is 1. The molecule has 28 heavy (non-hydrogen) atoms. The number of rotatable bonds is 5. The topological polar surface area (TPSA) is 176 Å². The van der Waals surface area contributed by atoms with Gasteiger partial charge in [0.1, 0.15) is 47.5 Å². The molecule has 11 nitrogen and oxygen atoms in total. The average molecular weight is 458 g/mol. The number of ether oxygens (including phenoxy) is 2. The summed E-state index contributed by atoms with van der Waals surface area (Å²) >= 11 is 3.16. The van der Waals surface area contributed by atoms with Gasteiger partial charge in [-0.2, -0.15) is 0 Å². The second-order valence-corrected chi connectivity index (χ2v) is 7.46. The zero-order valence-corrected chi connectivity index (χ0v) is 16.7. The van der Waals surface area contributed by atoms with Crippen LogP contribution >= 0.6 is 15.9 Å². The lowest BCUT2D eigenvalue weighted by Crippen LogP contribution is -2.35. The number of esters is 1. The quantitative estimate of drug-likeness (QED) is 0.436. The molecule has 152 valence electrons. The van der Waals surface area contributed by atoms with Crippen molar-refractivity contribution in [2.24, 2.45) is 11.7 Å². The van der Waals surface area contributed by atoms with Gasteiger partial charge >= 0.3 is 5.97 Å². The minimum absolute atomic E-state index is 0.0219. The van der Waals surface area contributed by atoms with E-state index in [1.54, 1.807) is 13.8 Å². The summed E-state index contributed by atoms with van der Waals surface area (Å²) in [5, 5.41) is 20.7. The molecule has 4 atom stereocenters. The van der Waals surface area contributed by atoms with Crippen molar-refractivity contribution < 1.29 is 29.3 Å². The first-order valence-corrected chi connectivity index (χ1v) is 9.22. The van der Waals surface area contributed by atoms with Gasteiger partial charge in [0, 0.05) is 0 Å². The fraction of sp³-hybridized carbons (Fsp3) is 0.500. The first-order chi connectivity index (χ1) is 13.1. The Morgan fingerprint density at radius 3 is 2.68 bits per heavy atom. The number of nitrogen functional groups attached to an aromatic ring is 1. The Kier molecular flexibility index (Phi) is 5.57. The van der Waals surface area contributed by atoms with Crippen LogP contribution in [0, 0.1) is 5.92 Å².